The van der Waals surface area contributed by atoms with Gasteiger partial charge in [-0.2, -0.15) is 0 Å². The van der Waals surface area contributed by atoms with Gasteiger partial charge in [0.15, 0.2) is 15.9 Å². The van der Waals surface area contributed by atoms with Crippen LogP contribution in [0, 0.1) is 6.92 Å². The maximum absolute atomic E-state index is 12.5. The first-order valence-electron chi connectivity index (χ1n) is 8.96. The van der Waals surface area contributed by atoms with Gasteiger partial charge in [0.1, 0.15) is 0 Å². The molecule has 0 unspecified atom stereocenters. The fraction of sp³-hybridized carbons (Fsp3) is 0.182. The van der Waals surface area contributed by atoms with Crippen LogP contribution < -0.4 is 5.32 Å². The first-order chi connectivity index (χ1) is 13.6. The van der Waals surface area contributed by atoms with E-state index < -0.39 is 27.8 Å². The summed E-state index contributed by atoms with van der Waals surface area (Å²) < 4.78 is 28.7. The highest BCUT2D eigenvalue weighted by atomic mass is 32.2. The van der Waals surface area contributed by atoms with Gasteiger partial charge in [-0.25, -0.2) is 13.2 Å². The van der Waals surface area contributed by atoms with E-state index in [4.69, 9.17) is 4.74 Å². The van der Waals surface area contributed by atoms with Crippen molar-refractivity contribution in [2.75, 3.05) is 11.6 Å². The number of carbonyl (C=O) groups excluding carboxylic acids is 2. The minimum Gasteiger partial charge on any atom is -0.449 e. The summed E-state index contributed by atoms with van der Waals surface area (Å²) in [5.41, 5.74) is 1.26. The summed E-state index contributed by atoms with van der Waals surface area (Å²) in [5, 5.41) is 4.75. The Morgan fingerprint density at radius 1 is 0.966 bits per heavy atom. The normalized spacial score (nSPS) is 12.4. The third kappa shape index (κ3) is 4.81. The molecule has 0 spiro atoms. The number of hydrogen-bond donors (Lipinski definition) is 1. The Kier molecular flexibility index (Phi) is 5.70. The number of sulfone groups is 1. The van der Waals surface area contributed by atoms with Crippen LogP contribution in [0.5, 0.6) is 0 Å². The second kappa shape index (κ2) is 8.05. The highest BCUT2D eigenvalue weighted by molar-refractivity contribution is 7.90. The lowest BCUT2D eigenvalue weighted by Crippen LogP contribution is -2.30. The highest BCUT2D eigenvalue weighted by Gasteiger charge is 2.21. The van der Waals surface area contributed by atoms with Crippen molar-refractivity contribution in [1.82, 2.24) is 0 Å². The van der Waals surface area contributed by atoms with E-state index in [-0.39, 0.29) is 10.5 Å². The average molecular weight is 411 g/mol. The van der Waals surface area contributed by atoms with Crippen LogP contribution in [-0.4, -0.2) is 32.7 Å². The molecule has 0 saturated heterocycles. The van der Waals surface area contributed by atoms with Crippen LogP contribution in [0.2, 0.25) is 0 Å². The van der Waals surface area contributed by atoms with E-state index in [2.05, 4.69) is 5.32 Å². The number of ether oxygens (including phenoxy) is 1. The molecule has 3 rings (SSSR count). The molecule has 0 saturated carbocycles. The van der Waals surface area contributed by atoms with Crippen molar-refractivity contribution in [2.24, 2.45) is 0 Å². The molecule has 3 aromatic carbocycles. The van der Waals surface area contributed by atoms with E-state index in [9.17, 15) is 18.0 Å². The molecule has 0 radical (unpaired) electrons. The summed E-state index contributed by atoms with van der Waals surface area (Å²) in [6, 6.07) is 17.5. The topological polar surface area (TPSA) is 89.5 Å². The van der Waals surface area contributed by atoms with Crippen LogP contribution in [0.25, 0.3) is 10.8 Å². The Morgan fingerprint density at radius 3 is 2.34 bits per heavy atom. The standard InChI is InChI=1S/C22H21NO5S/c1-14-8-11-19(29(3,26)27)13-20(14)22(25)28-15(2)21(24)23-18-10-9-16-6-4-5-7-17(16)12-18/h4-13,15H,1-3H3,(H,23,24)/t15-/m0/s1. The second-order valence-corrected chi connectivity index (χ2v) is 8.86. The predicted molar refractivity (Wildman–Crippen MR) is 112 cm³/mol. The molecule has 0 fully saturated rings. The van der Waals surface area contributed by atoms with Crippen molar-refractivity contribution in [3.05, 3.63) is 71.8 Å². The van der Waals surface area contributed by atoms with Gasteiger partial charge < -0.3 is 10.1 Å². The zero-order valence-electron chi connectivity index (χ0n) is 16.3. The van der Waals surface area contributed by atoms with Gasteiger partial charge in [-0.3, -0.25) is 4.79 Å². The third-order valence-electron chi connectivity index (χ3n) is 4.53. The summed E-state index contributed by atoms with van der Waals surface area (Å²) in [7, 11) is -3.47. The number of rotatable bonds is 5. The van der Waals surface area contributed by atoms with Gasteiger partial charge >= 0.3 is 5.97 Å². The molecule has 3 aromatic rings. The van der Waals surface area contributed by atoms with Crippen molar-refractivity contribution in [3.63, 3.8) is 0 Å². The van der Waals surface area contributed by atoms with Crippen molar-refractivity contribution in [2.45, 2.75) is 24.8 Å². The van der Waals surface area contributed by atoms with E-state index in [1.807, 2.05) is 36.4 Å². The Labute approximate surface area is 169 Å². The van der Waals surface area contributed by atoms with Crippen molar-refractivity contribution < 1.29 is 22.7 Å². The lowest BCUT2D eigenvalue weighted by molar-refractivity contribution is -0.123. The first-order valence-corrected chi connectivity index (χ1v) is 10.9. The quantitative estimate of drug-likeness (QED) is 0.646. The lowest BCUT2D eigenvalue weighted by Gasteiger charge is -2.15. The molecular formula is C22H21NO5S. The van der Waals surface area contributed by atoms with Gasteiger partial charge in [0.25, 0.3) is 5.91 Å². The third-order valence-corrected chi connectivity index (χ3v) is 5.64. The van der Waals surface area contributed by atoms with Gasteiger partial charge in [-0.15, -0.1) is 0 Å². The van der Waals surface area contributed by atoms with Crippen molar-refractivity contribution in [1.29, 1.82) is 0 Å². The number of nitrogens with one attached hydrogen (secondary N) is 1. The summed E-state index contributed by atoms with van der Waals surface area (Å²) in [6.07, 6.45) is 0.00197. The monoisotopic (exact) mass is 411 g/mol. The number of anilines is 1. The van der Waals surface area contributed by atoms with Crippen molar-refractivity contribution in [3.8, 4) is 0 Å². The van der Waals surface area contributed by atoms with E-state index >= 15 is 0 Å². The number of fused-ring (bicyclic) bond motifs is 1. The molecule has 150 valence electrons. The number of amides is 1. The number of hydrogen-bond acceptors (Lipinski definition) is 5. The molecular weight excluding hydrogens is 390 g/mol. The zero-order valence-corrected chi connectivity index (χ0v) is 17.1. The van der Waals surface area contributed by atoms with Crippen LogP contribution in [0.15, 0.2) is 65.6 Å². The summed E-state index contributed by atoms with van der Waals surface area (Å²) in [6.45, 7) is 3.13. The summed E-state index contributed by atoms with van der Waals surface area (Å²) >= 11 is 0. The molecule has 29 heavy (non-hydrogen) atoms. The van der Waals surface area contributed by atoms with Gasteiger partial charge in [0, 0.05) is 11.9 Å². The van der Waals surface area contributed by atoms with Gasteiger partial charge in [0.2, 0.25) is 0 Å². The van der Waals surface area contributed by atoms with E-state index in [1.165, 1.54) is 25.1 Å². The largest absolute Gasteiger partial charge is 0.449 e. The lowest BCUT2D eigenvalue weighted by atomic mass is 10.1. The fourth-order valence-electron chi connectivity index (χ4n) is 2.84. The molecule has 1 atom stereocenters. The molecule has 0 bridgehead atoms. The van der Waals surface area contributed by atoms with Gasteiger partial charge in [-0.1, -0.05) is 36.4 Å². The van der Waals surface area contributed by atoms with Crippen LogP contribution in [-0.2, 0) is 19.4 Å². The minimum atomic E-state index is -3.47. The molecule has 1 N–H and O–H groups in total. The molecule has 1 amide bonds. The van der Waals surface area contributed by atoms with E-state index in [0.717, 1.165) is 17.0 Å². The number of esters is 1. The van der Waals surface area contributed by atoms with E-state index in [1.54, 1.807) is 13.0 Å². The van der Waals surface area contributed by atoms with Crippen LogP contribution in [0.1, 0.15) is 22.8 Å². The Balaban J connectivity index is 1.72. The second-order valence-electron chi connectivity index (χ2n) is 6.85. The summed E-state index contributed by atoms with van der Waals surface area (Å²) in [5.74, 6) is -1.24. The SMILES string of the molecule is Cc1ccc(S(C)(=O)=O)cc1C(=O)O[C@@H](C)C(=O)Nc1ccc2ccccc2c1. The van der Waals surface area contributed by atoms with Crippen LogP contribution in [0.3, 0.4) is 0 Å². The molecule has 6 nitrogen and oxygen atoms in total. The molecule has 0 heterocycles. The zero-order chi connectivity index (χ0) is 21.2. The fourth-order valence-corrected chi connectivity index (χ4v) is 3.49. The minimum absolute atomic E-state index is 0.0170. The molecule has 0 aliphatic carbocycles. The Hall–Kier alpha value is -3.19. The molecule has 0 aliphatic heterocycles. The maximum atomic E-state index is 12.5. The molecule has 0 aliphatic rings. The number of benzene rings is 3. The Bertz CT molecular complexity index is 1200. The smallest absolute Gasteiger partial charge is 0.339 e. The van der Waals surface area contributed by atoms with Gasteiger partial charge in [-0.05, 0) is 54.4 Å². The molecule has 7 heteroatoms. The average Bonchev–Trinajstić information content (AvgIpc) is 2.67. The van der Waals surface area contributed by atoms with Crippen LogP contribution >= 0.6 is 0 Å². The number of carbonyl (C=O) groups is 2. The molecule has 0 aromatic heterocycles. The maximum Gasteiger partial charge on any atom is 0.339 e. The predicted octanol–water partition coefficient (Wildman–Crippen LogP) is 3.74. The summed E-state index contributed by atoms with van der Waals surface area (Å²) in [4.78, 5) is 24.9. The van der Waals surface area contributed by atoms with Crippen LogP contribution in [0.4, 0.5) is 5.69 Å². The first kappa shape index (κ1) is 20.5. The van der Waals surface area contributed by atoms with Gasteiger partial charge in [0.05, 0.1) is 10.5 Å². The number of aryl methyl sites for hydroxylation is 1. The Morgan fingerprint density at radius 2 is 1.66 bits per heavy atom. The van der Waals surface area contributed by atoms with E-state index in [0.29, 0.717) is 11.3 Å². The highest BCUT2D eigenvalue weighted by Crippen LogP contribution is 2.20. The van der Waals surface area contributed by atoms with Crippen molar-refractivity contribution >= 4 is 38.2 Å².